The number of rotatable bonds is 8. The summed E-state index contributed by atoms with van der Waals surface area (Å²) in [6, 6.07) is 4.62. The number of nitro benzene ring substituents is 1. The van der Waals surface area contributed by atoms with Crippen LogP contribution in [0.2, 0.25) is 0 Å². The quantitative estimate of drug-likeness (QED) is 0.547. The molecule has 1 aromatic rings. The third kappa shape index (κ3) is 4.07. The Morgan fingerprint density at radius 2 is 2.25 bits per heavy atom. The summed E-state index contributed by atoms with van der Waals surface area (Å²) < 4.78 is 10.5. The summed E-state index contributed by atoms with van der Waals surface area (Å²) >= 11 is 0. The fraction of sp³-hybridized carbons (Fsp3) is 0.538. The SMILES string of the molecule is COc1ccc([N+](=O)[O-])cc1OCC(O)CNC1CC1. The van der Waals surface area contributed by atoms with E-state index < -0.39 is 11.0 Å². The first-order chi connectivity index (χ1) is 9.60. The number of hydrogen-bond donors (Lipinski definition) is 2. The highest BCUT2D eigenvalue weighted by Crippen LogP contribution is 2.31. The molecule has 0 radical (unpaired) electrons. The number of methoxy groups -OCH3 is 1. The fourth-order valence-electron chi connectivity index (χ4n) is 1.73. The van der Waals surface area contributed by atoms with E-state index in [0.29, 0.717) is 18.3 Å². The summed E-state index contributed by atoms with van der Waals surface area (Å²) in [5.41, 5.74) is -0.0774. The molecule has 2 N–H and O–H groups in total. The molecular formula is C13H18N2O5. The topological polar surface area (TPSA) is 93.9 Å². The van der Waals surface area contributed by atoms with Gasteiger partial charge in [-0.1, -0.05) is 0 Å². The Hall–Kier alpha value is -1.86. The molecule has 0 saturated heterocycles. The zero-order valence-electron chi connectivity index (χ0n) is 11.2. The fourth-order valence-corrected chi connectivity index (χ4v) is 1.73. The lowest BCUT2D eigenvalue weighted by Gasteiger charge is -2.14. The maximum atomic E-state index is 10.7. The Bertz CT molecular complexity index is 476. The van der Waals surface area contributed by atoms with Gasteiger partial charge in [0, 0.05) is 18.7 Å². The largest absolute Gasteiger partial charge is 0.493 e. The molecule has 1 atom stereocenters. The van der Waals surface area contributed by atoms with Crippen molar-refractivity contribution in [3.63, 3.8) is 0 Å². The van der Waals surface area contributed by atoms with Crippen LogP contribution >= 0.6 is 0 Å². The summed E-state index contributed by atoms with van der Waals surface area (Å²) in [6.07, 6.45) is 1.62. The van der Waals surface area contributed by atoms with Crippen LogP contribution in [0.1, 0.15) is 12.8 Å². The number of nitro groups is 1. The third-order valence-electron chi connectivity index (χ3n) is 3.01. The molecule has 1 unspecified atom stereocenters. The van der Waals surface area contributed by atoms with E-state index in [-0.39, 0.29) is 18.0 Å². The van der Waals surface area contributed by atoms with Gasteiger partial charge < -0.3 is 19.9 Å². The minimum Gasteiger partial charge on any atom is -0.493 e. The second kappa shape index (κ2) is 6.53. The molecule has 1 aromatic carbocycles. The predicted octanol–water partition coefficient (Wildman–Crippen LogP) is 1.10. The van der Waals surface area contributed by atoms with Gasteiger partial charge in [0.1, 0.15) is 12.7 Å². The van der Waals surface area contributed by atoms with Crippen molar-refractivity contribution in [2.24, 2.45) is 0 Å². The van der Waals surface area contributed by atoms with Crippen molar-refractivity contribution < 1.29 is 19.5 Å². The normalized spacial score (nSPS) is 15.7. The van der Waals surface area contributed by atoms with Crippen molar-refractivity contribution in [2.75, 3.05) is 20.3 Å². The molecule has 7 heteroatoms. The lowest BCUT2D eigenvalue weighted by molar-refractivity contribution is -0.385. The number of ether oxygens (including phenoxy) is 2. The molecule has 0 amide bonds. The van der Waals surface area contributed by atoms with Gasteiger partial charge in [0.05, 0.1) is 18.1 Å². The number of benzene rings is 1. The molecule has 110 valence electrons. The Morgan fingerprint density at radius 3 is 2.85 bits per heavy atom. The molecule has 0 aromatic heterocycles. The zero-order chi connectivity index (χ0) is 14.5. The number of aliphatic hydroxyl groups is 1. The van der Waals surface area contributed by atoms with Gasteiger partial charge >= 0.3 is 0 Å². The van der Waals surface area contributed by atoms with Crippen molar-refractivity contribution in [3.8, 4) is 11.5 Å². The molecule has 0 heterocycles. The van der Waals surface area contributed by atoms with Crippen molar-refractivity contribution in [1.82, 2.24) is 5.32 Å². The first kappa shape index (κ1) is 14.5. The van der Waals surface area contributed by atoms with Gasteiger partial charge in [-0.05, 0) is 18.9 Å². The highest BCUT2D eigenvalue weighted by molar-refractivity contribution is 5.48. The van der Waals surface area contributed by atoms with Gasteiger partial charge in [0.25, 0.3) is 5.69 Å². The van der Waals surface area contributed by atoms with Crippen LogP contribution in [0.15, 0.2) is 18.2 Å². The molecule has 1 aliphatic rings. The summed E-state index contributed by atoms with van der Waals surface area (Å²) in [6.45, 7) is 0.499. The van der Waals surface area contributed by atoms with E-state index in [1.807, 2.05) is 0 Å². The Balaban J connectivity index is 1.91. The van der Waals surface area contributed by atoms with Crippen molar-refractivity contribution in [1.29, 1.82) is 0 Å². The van der Waals surface area contributed by atoms with E-state index in [2.05, 4.69) is 5.32 Å². The molecular weight excluding hydrogens is 264 g/mol. The van der Waals surface area contributed by atoms with E-state index in [9.17, 15) is 15.2 Å². The second-order valence-corrected chi connectivity index (χ2v) is 4.74. The highest BCUT2D eigenvalue weighted by Gasteiger charge is 2.21. The van der Waals surface area contributed by atoms with Gasteiger partial charge in [-0.2, -0.15) is 0 Å². The van der Waals surface area contributed by atoms with E-state index >= 15 is 0 Å². The molecule has 7 nitrogen and oxygen atoms in total. The lowest BCUT2D eigenvalue weighted by Crippen LogP contribution is -2.32. The van der Waals surface area contributed by atoms with E-state index in [1.54, 1.807) is 0 Å². The van der Waals surface area contributed by atoms with Crippen LogP contribution in [0.4, 0.5) is 5.69 Å². The van der Waals surface area contributed by atoms with Crippen LogP contribution in [-0.4, -0.2) is 42.4 Å². The Labute approximate surface area is 116 Å². The molecule has 20 heavy (non-hydrogen) atoms. The van der Waals surface area contributed by atoms with E-state index in [1.165, 1.54) is 25.3 Å². The lowest BCUT2D eigenvalue weighted by atomic mass is 10.3. The van der Waals surface area contributed by atoms with Gasteiger partial charge in [-0.25, -0.2) is 0 Å². The number of hydrogen-bond acceptors (Lipinski definition) is 6. The molecule has 2 rings (SSSR count). The van der Waals surface area contributed by atoms with Gasteiger partial charge in [-0.3, -0.25) is 10.1 Å². The first-order valence-electron chi connectivity index (χ1n) is 6.47. The average molecular weight is 282 g/mol. The standard InChI is InChI=1S/C13H18N2O5/c1-19-12-5-4-10(15(17)18)6-13(12)20-8-11(16)7-14-9-2-3-9/h4-6,9,11,14,16H,2-3,7-8H2,1H3. The molecule has 0 aliphatic heterocycles. The summed E-state index contributed by atoms with van der Waals surface area (Å²) in [5.74, 6) is 0.658. The highest BCUT2D eigenvalue weighted by atomic mass is 16.6. The smallest absolute Gasteiger partial charge is 0.273 e. The van der Waals surface area contributed by atoms with Gasteiger partial charge in [-0.15, -0.1) is 0 Å². The minimum absolute atomic E-state index is 0.0528. The summed E-state index contributed by atoms with van der Waals surface area (Å²) in [7, 11) is 1.46. The molecule has 1 aliphatic carbocycles. The van der Waals surface area contributed by atoms with Crippen LogP contribution in [0.3, 0.4) is 0 Å². The molecule has 0 spiro atoms. The van der Waals surface area contributed by atoms with Crippen LogP contribution in [0.25, 0.3) is 0 Å². The Kier molecular flexibility index (Phi) is 4.75. The minimum atomic E-state index is -0.667. The van der Waals surface area contributed by atoms with Crippen LogP contribution < -0.4 is 14.8 Å². The predicted molar refractivity (Wildman–Crippen MR) is 72.2 cm³/mol. The monoisotopic (exact) mass is 282 g/mol. The average Bonchev–Trinajstić information content (AvgIpc) is 3.26. The zero-order valence-corrected chi connectivity index (χ0v) is 11.2. The summed E-state index contributed by atoms with van der Waals surface area (Å²) in [4.78, 5) is 10.2. The van der Waals surface area contributed by atoms with Crippen LogP contribution in [0, 0.1) is 10.1 Å². The molecule has 0 bridgehead atoms. The number of nitrogens with one attached hydrogen (secondary N) is 1. The van der Waals surface area contributed by atoms with Crippen LogP contribution in [0.5, 0.6) is 11.5 Å². The number of non-ortho nitro benzene ring substituents is 1. The van der Waals surface area contributed by atoms with Crippen molar-refractivity contribution in [3.05, 3.63) is 28.3 Å². The van der Waals surface area contributed by atoms with E-state index in [0.717, 1.165) is 12.8 Å². The van der Waals surface area contributed by atoms with Crippen molar-refractivity contribution >= 4 is 5.69 Å². The number of nitrogens with zero attached hydrogens (tertiary/aromatic N) is 1. The van der Waals surface area contributed by atoms with Crippen LogP contribution in [-0.2, 0) is 0 Å². The molecule has 1 fully saturated rings. The molecule has 1 saturated carbocycles. The first-order valence-corrected chi connectivity index (χ1v) is 6.47. The number of aliphatic hydroxyl groups excluding tert-OH is 1. The Morgan fingerprint density at radius 1 is 1.50 bits per heavy atom. The maximum Gasteiger partial charge on any atom is 0.273 e. The third-order valence-corrected chi connectivity index (χ3v) is 3.01. The van der Waals surface area contributed by atoms with Gasteiger partial charge in [0.15, 0.2) is 11.5 Å². The summed E-state index contributed by atoms with van der Waals surface area (Å²) in [5, 5.41) is 23.7. The van der Waals surface area contributed by atoms with E-state index in [4.69, 9.17) is 9.47 Å². The second-order valence-electron chi connectivity index (χ2n) is 4.74. The van der Waals surface area contributed by atoms with Crippen molar-refractivity contribution in [2.45, 2.75) is 25.0 Å². The maximum absolute atomic E-state index is 10.7. The van der Waals surface area contributed by atoms with Gasteiger partial charge in [0.2, 0.25) is 0 Å².